The van der Waals surface area contributed by atoms with Gasteiger partial charge in [0.05, 0.1) is 15.1 Å². The van der Waals surface area contributed by atoms with Crippen LogP contribution in [0.5, 0.6) is 0 Å². The minimum Gasteiger partial charge on any atom is -0.444 e. The highest BCUT2D eigenvalue weighted by Gasteiger charge is 2.28. The highest BCUT2D eigenvalue weighted by Crippen LogP contribution is 2.29. The third-order valence-electron chi connectivity index (χ3n) is 4.29. The summed E-state index contributed by atoms with van der Waals surface area (Å²) in [6, 6.07) is 4.87. The summed E-state index contributed by atoms with van der Waals surface area (Å²) >= 11 is 7.18. The molecule has 1 saturated heterocycles. The lowest BCUT2D eigenvalue weighted by Gasteiger charge is -2.31. The van der Waals surface area contributed by atoms with E-state index in [9.17, 15) is 13.2 Å². The van der Waals surface area contributed by atoms with Crippen LogP contribution < -0.4 is 0 Å². The first-order valence-corrected chi connectivity index (χ1v) is 11.7. The van der Waals surface area contributed by atoms with Crippen LogP contribution in [0, 0.1) is 0 Å². The van der Waals surface area contributed by atoms with Crippen LogP contribution in [-0.4, -0.2) is 60.5 Å². The first kappa shape index (κ1) is 21.3. The molecular formula is C18H24ClN3O4S2. The van der Waals surface area contributed by atoms with Crippen molar-refractivity contribution in [3.05, 3.63) is 22.7 Å². The number of aromatic nitrogens is 1. The third-order valence-corrected chi connectivity index (χ3v) is 7.31. The summed E-state index contributed by atoms with van der Waals surface area (Å²) in [4.78, 5) is 18.3. The van der Waals surface area contributed by atoms with Crippen LogP contribution in [-0.2, 0) is 14.8 Å². The van der Waals surface area contributed by atoms with Crippen molar-refractivity contribution in [3.8, 4) is 0 Å². The van der Waals surface area contributed by atoms with E-state index in [2.05, 4.69) is 4.98 Å². The Kier molecular flexibility index (Phi) is 6.19. The zero-order valence-corrected chi connectivity index (χ0v) is 18.5. The maximum absolute atomic E-state index is 13.1. The number of thiazole rings is 1. The largest absolute Gasteiger partial charge is 0.444 e. The van der Waals surface area contributed by atoms with Gasteiger partial charge in [-0.2, -0.15) is 4.31 Å². The van der Waals surface area contributed by atoms with E-state index in [0.717, 1.165) is 4.70 Å². The molecule has 1 aliphatic heterocycles. The molecule has 1 fully saturated rings. The van der Waals surface area contributed by atoms with Gasteiger partial charge in [0.15, 0.2) is 4.47 Å². The summed E-state index contributed by atoms with van der Waals surface area (Å²) in [5.74, 6) is 0. The van der Waals surface area contributed by atoms with Gasteiger partial charge in [-0.05, 0) is 51.8 Å². The maximum atomic E-state index is 13.1. The number of halogens is 1. The number of hydrogen-bond donors (Lipinski definition) is 0. The molecule has 0 radical (unpaired) electrons. The van der Waals surface area contributed by atoms with E-state index in [1.165, 1.54) is 15.6 Å². The molecule has 1 aliphatic rings. The number of hydrogen-bond acceptors (Lipinski definition) is 6. The van der Waals surface area contributed by atoms with Gasteiger partial charge in [0.25, 0.3) is 0 Å². The predicted molar refractivity (Wildman–Crippen MR) is 110 cm³/mol. The van der Waals surface area contributed by atoms with Crippen molar-refractivity contribution in [1.82, 2.24) is 14.2 Å². The minimum absolute atomic E-state index is 0.241. The van der Waals surface area contributed by atoms with Gasteiger partial charge in [-0.15, -0.1) is 11.3 Å². The number of nitrogens with zero attached hydrogens (tertiary/aromatic N) is 3. The van der Waals surface area contributed by atoms with Crippen molar-refractivity contribution in [1.29, 1.82) is 0 Å². The monoisotopic (exact) mass is 445 g/mol. The number of fused-ring (bicyclic) bond motifs is 1. The normalized spacial score (nSPS) is 17.4. The van der Waals surface area contributed by atoms with Crippen LogP contribution in [0.15, 0.2) is 23.1 Å². The summed E-state index contributed by atoms with van der Waals surface area (Å²) in [5, 5.41) is 0. The fourth-order valence-electron chi connectivity index (χ4n) is 3.04. The van der Waals surface area contributed by atoms with Crippen molar-refractivity contribution in [2.24, 2.45) is 0 Å². The minimum atomic E-state index is -3.62. The summed E-state index contributed by atoms with van der Waals surface area (Å²) in [7, 11) is -3.62. The van der Waals surface area contributed by atoms with E-state index in [4.69, 9.17) is 16.3 Å². The van der Waals surface area contributed by atoms with Crippen molar-refractivity contribution in [2.75, 3.05) is 26.2 Å². The molecule has 0 N–H and O–H groups in total. The molecule has 28 heavy (non-hydrogen) atoms. The molecule has 2 heterocycles. The average Bonchev–Trinajstić information content (AvgIpc) is 2.91. The van der Waals surface area contributed by atoms with Crippen molar-refractivity contribution in [3.63, 3.8) is 0 Å². The molecule has 0 spiro atoms. The number of carbonyl (C=O) groups excluding carboxylic acids is 1. The number of amides is 1. The number of benzene rings is 1. The molecule has 0 aliphatic carbocycles. The Morgan fingerprint density at radius 3 is 2.43 bits per heavy atom. The standard InChI is InChI=1S/C18H24ClN3O4S2/c1-18(2,3)26-17(23)21-8-4-10-22(11-5-9-21)28(24,25)13-6-7-14-15(12-13)27-16(19)20-14/h6-7,12H,4-5,8-11H2,1-3H3. The number of rotatable bonds is 2. The molecule has 1 amide bonds. The van der Waals surface area contributed by atoms with E-state index >= 15 is 0 Å². The van der Waals surface area contributed by atoms with Gasteiger partial charge in [0.2, 0.25) is 10.0 Å². The second-order valence-corrected chi connectivity index (χ2v) is 11.2. The molecule has 2 aromatic rings. The molecule has 0 unspecified atom stereocenters. The van der Waals surface area contributed by atoms with E-state index in [0.29, 0.717) is 49.0 Å². The fraction of sp³-hybridized carbons (Fsp3) is 0.556. The Balaban J connectivity index is 1.70. The van der Waals surface area contributed by atoms with E-state index < -0.39 is 15.6 Å². The second kappa shape index (κ2) is 8.14. The van der Waals surface area contributed by atoms with Gasteiger partial charge < -0.3 is 9.64 Å². The van der Waals surface area contributed by atoms with Gasteiger partial charge in [0, 0.05) is 26.2 Å². The van der Waals surface area contributed by atoms with E-state index in [1.54, 1.807) is 23.1 Å². The zero-order chi connectivity index (χ0) is 20.5. The topological polar surface area (TPSA) is 79.8 Å². The average molecular weight is 446 g/mol. The van der Waals surface area contributed by atoms with Crippen LogP contribution in [0.3, 0.4) is 0 Å². The predicted octanol–water partition coefficient (Wildman–Crippen LogP) is 3.97. The Hall–Kier alpha value is -1.42. The first-order chi connectivity index (χ1) is 13.1. The number of carbonyl (C=O) groups is 1. The molecule has 1 aromatic carbocycles. The molecule has 7 nitrogen and oxygen atoms in total. The van der Waals surface area contributed by atoms with Gasteiger partial charge in [-0.25, -0.2) is 18.2 Å². The summed E-state index contributed by atoms with van der Waals surface area (Å²) in [6.07, 6.45) is 0.747. The lowest BCUT2D eigenvalue weighted by molar-refractivity contribution is 0.0231. The Bertz CT molecular complexity index is 959. The second-order valence-electron chi connectivity index (χ2n) is 7.67. The summed E-state index contributed by atoms with van der Waals surface area (Å²) < 4.78 is 34.2. The molecule has 0 bridgehead atoms. The maximum Gasteiger partial charge on any atom is 0.410 e. The first-order valence-electron chi connectivity index (χ1n) is 9.10. The SMILES string of the molecule is CC(C)(C)OC(=O)N1CCCN(S(=O)(=O)c2ccc3nc(Cl)sc3c2)CCC1. The summed E-state index contributed by atoms with van der Waals surface area (Å²) in [6.45, 7) is 7.12. The molecule has 10 heteroatoms. The van der Waals surface area contributed by atoms with Crippen molar-refractivity contribution < 1.29 is 17.9 Å². The fourth-order valence-corrected chi connectivity index (χ4v) is 5.72. The lowest BCUT2D eigenvalue weighted by Crippen LogP contribution is -2.43. The van der Waals surface area contributed by atoms with Crippen LogP contribution in [0.4, 0.5) is 4.79 Å². The van der Waals surface area contributed by atoms with Gasteiger partial charge >= 0.3 is 6.09 Å². The molecule has 0 saturated carbocycles. The van der Waals surface area contributed by atoms with Gasteiger partial charge in [-0.3, -0.25) is 0 Å². The molecule has 154 valence electrons. The molecule has 1 aromatic heterocycles. The molecule has 0 atom stereocenters. The Morgan fingerprint density at radius 2 is 1.82 bits per heavy atom. The van der Waals surface area contributed by atoms with Crippen LogP contribution in [0.2, 0.25) is 4.47 Å². The summed E-state index contributed by atoms with van der Waals surface area (Å²) in [5.41, 5.74) is 0.141. The van der Waals surface area contributed by atoms with E-state index in [1.807, 2.05) is 20.8 Å². The number of sulfonamides is 1. The smallest absolute Gasteiger partial charge is 0.410 e. The molecule has 3 rings (SSSR count). The van der Waals surface area contributed by atoms with Crippen molar-refractivity contribution >= 4 is 49.3 Å². The highest BCUT2D eigenvalue weighted by atomic mass is 35.5. The van der Waals surface area contributed by atoms with Crippen LogP contribution in [0.1, 0.15) is 33.6 Å². The Labute approximate surface area is 174 Å². The van der Waals surface area contributed by atoms with Gasteiger partial charge in [-0.1, -0.05) is 11.6 Å². The van der Waals surface area contributed by atoms with Gasteiger partial charge in [0.1, 0.15) is 5.60 Å². The quantitative estimate of drug-likeness (QED) is 0.698. The number of ether oxygens (including phenoxy) is 1. The van der Waals surface area contributed by atoms with E-state index in [-0.39, 0.29) is 11.0 Å². The van der Waals surface area contributed by atoms with Crippen LogP contribution >= 0.6 is 22.9 Å². The van der Waals surface area contributed by atoms with Crippen molar-refractivity contribution in [2.45, 2.75) is 44.1 Å². The zero-order valence-electron chi connectivity index (χ0n) is 16.1. The third kappa shape index (κ3) is 4.94. The highest BCUT2D eigenvalue weighted by molar-refractivity contribution is 7.89. The Morgan fingerprint density at radius 1 is 1.18 bits per heavy atom. The molecular weight excluding hydrogens is 422 g/mol. The lowest BCUT2D eigenvalue weighted by atomic mass is 10.2. The van der Waals surface area contributed by atoms with Crippen LogP contribution in [0.25, 0.3) is 10.2 Å².